The molecule has 2 fully saturated rings. The van der Waals surface area contributed by atoms with Crippen LogP contribution in [0.25, 0.3) is 0 Å². The van der Waals surface area contributed by atoms with Crippen LogP contribution in [0.3, 0.4) is 0 Å². The minimum absolute atomic E-state index is 0.175. The van der Waals surface area contributed by atoms with Crippen LogP contribution >= 0.6 is 0 Å². The molecule has 0 radical (unpaired) electrons. The second-order valence-electron chi connectivity index (χ2n) is 14.3. The van der Waals surface area contributed by atoms with Gasteiger partial charge in [0, 0.05) is 39.0 Å². The minimum atomic E-state index is -0.818. The van der Waals surface area contributed by atoms with Crippen molar-refractivity contribution in [1.82, 2.24) is 15.1 Å². The summed E-state index contributed by atoms with van der Waals surface area (Å²) >= 11 is 0. The summed E-state index contributed by atoms with van der Waals surface area (Å²) < 4.78 is 10.8. The average molecular weight is 663 g/mol. The van der Waals surface area contributed by atoms with Gasteiger partial charge in [-0.15, -0.1) is 0 Å². The molecule has 2 atom stereocenters. The van der Waals surface area contributed by atoms with Gasteiger partial charge >= 0.3 is 6.09 Å². The number of nitrogens with zero attached hydrogens (tertiary/aromatic N) is 2. The first-order valence-corrected chi connectivity index (χ1v) is 17.4. The molecule has 10 heteroatoms. The normalized spacial score (nSPS) is 18.0. The lowest BCUT2D eigenvalue weighted by molar-refractivity contribution is -0.140. The molecule has 0 aliphatic carbocycles. The van der Waals surface area contributed by atoms with Gasteiger partial charge in [0.05, 0.1) is 18.6 Å². The SMILES string of the molecule is CCCC(=O)C1(c2ccccc2)CCN(C(=O)[C@@H](Cc2ccc(OC)cc2)NC(=O)[C@@H](N)CC2CCN(C(=O)OC(C)(C)C)CC2)CC1. The van der Waals surface area contributed by atoms with Gasteiger partial charge in [-0.25, -0.2) is 4.79 Å². The first-order chi connectivity index (χ1) is 22.8. The molecule has 48 heavy (non-hydrogen) atoms. The van der Waals surface area contributed by atoms with Crippen LogP contribution in [-0.2, 0) is 31.0 Å². The highest BCUT2D eigenvalue weighted by molar-refractivity contribution is 5.92. The number of ketones is 1. The van der Waals surface area contributed by atoms with Crippen LogP contribution in [0.15, 0.2) is 54.6 Å². The predicted octanol–water partition coefficient (Wildman–Crippen LogP) is 5.02. The molecule has 2 aromatic rings. The summed E-state index contributed by atoms with van der Waals surface area (Å²) in [6, 6.07) is 15.7. The van der Waals surface area contributed by atoms with Crippen LogP contribution in [-0.4, -0.2) is 84.5 Å². The summed E-state index contributed by atoms with van der Waals surface area (Å²) in [5.74, 6) is 0.547. The van der Waals surface area contributed by atoms with Crippen molar-refractivity contribution in [1.29, 1.82) is 0 Å². The maximum Gasteiger partial charge on any atom is 0.410 e. The van der Waals surface area contributed by atoms with Crippen LogP contribution < -0.4 is 15.8 Å². The van der Waals surface area contributed by atoms with Crippen molar-refractivity contribution in [2.75, 3.05) is 33.3 Å². The maximum atomic E-state index is 14.1. The molecule has 0 aromatic heterocycles. The molecule has 4 rings (SSSR count). The van der Waals surface area contributed by atoms with E-state index in [4.69, 9.17) is 15.2 Å². The van der Waals surface area contributed by atoms with E-state index in [0.717, 1.165) is 30.4 Å². The van der Waals surface area contributed by atoms with Gasteiger partial charge in [0.25, 0.3) is 0 Å². The third-order valence-corrected chi connectivity index (χ3v) is 9.67. The fraction of sp³-hybridized carbons (Fsp3) is 0.579. The number of hydrogen-bond donors (Lipinski definition) is 2. The van der Waals surface area contributed by atoms with Crippen molar-refractivity contribution in [2.24, 2.45) is 11.7 Å². The minimum Gasteiger partial charge on any atom is -0.497 e. The summed E-state index contributed by atoms with van der Waals surface area (Å²) in [6.07, 6.45) is 4.22. The molecule has 2 aliphatic heterocycles. The second-order valence-corrected chi connectivity index (χ2v) is 14.3. The Morgan fingerprint density at radius 2 is 1.56 bits per heavy atom. The summed E-state index contributed by atoms with van der Waals surface area (Å²) in [5.41, 5.74) is 7.16. The van der Waals surface area contributed by atoms with Crippen molar-refractivity contribution < 1.29 is 28.7 Å². The third-order valence-electron chi connectivity index (χ3n) is 9.67. The number of Topliss-reactive ketones (excluding diaryl/α,β-unsaturated/α-hetero) is 1. The maximum absolute atomic E-state index is 14.1. The molecule has 0 bridgehead atoms. The number of ether oxygens (including phenoxy) is 2. The van der Waals surface area contributed by atoms with Crippen molar-refractivity contribution in [3.63, 3.8) is 0 Å². The highest BCUT2D eigenvalue weighted by atomic mass is 16.6. The van der Waals surface area contributed by atoms with E-state index < -0.39 is 23.1 Å². The second kappa shape index (κ2) is 16.5. The smallest absolute Gasteiger partial charge is 0.410 e. The number of amides is 3. The zero-order chi connectivity index (χ0) is 34.9. The molecule has 0 spiro atoms. The number of likely N-dealkylation sites (tertiary alicyclic amines) is 2. The number of piperidine rings is 2. The molecule has 0 unspecified atom stereocenters. The molecular formula is C38H54N4O6. The Labute approximate surface area is 285 Å². The largest absolute Gasteiger partial charge is 0.497 e. The summed E-state index contributed by atoms with van der Waals surface area (Å²) in [7, 11) is 1.60. The van der Waals surface area contributed by atoms with Gasteiger partial charge < -0.3 is 30.3 Å². The highest BCUT2D eigenvalue weighted by Crippen LogP contribution is 2.38. The van der Waals surface area contributed by atoms with Crippen LogP contribution in [0.4, 0.5) is 4.79 Å². The van der Waals surface area contributed by atoms with E-state index in [2.05, 4.69) is 5.32 Å². The molecule has 3 amide bonds. The number of carbonyl (C=O) groups excluding carboxylic acids is 4. The standard InChI is InChI=1S/C38H54N4O6/c1-6-10-33(43)38(29-11-8-7-9-12-29)19-23-41(24-20-38)35(45)32(26-27-13-15-30(47-5)16-14-27)40-34(44)31(39)25-28-17-21-42(22-18-28)36(46)48-37(2,3)4/h7-9,11-16,28,31-32H,6,10,17-26,39H2,1-5H3,(H,40,44)/t31-,32+/m0/s1. The predicted molar refractivity (Wildman–Crippen MR) is 186 cm³/mol. The Hall–Kier alpha value is -3.92. The van der Waals surface area contributed by atoms with E-state index in [9.17, 15) is 19.2 Å². The van der Waals surface area contributed by atoms with Gasteiger partial charge in [-0.3, -0.25) is 14.4 Å². The molecule has 2 aliphatic rings. The Morgan fingerprint density at radius 1 is 0.938 bits per heavy atom. The Balaban J connectivity index is 1.42. The van der Waals surface area contributed by atoms with Crippen LogP contribution in [0.1, 0.15) is 83.8 Å². The number of rotatable bonds is 12. The van der Waals surface area contributed by atoms with E-state index >= 15 is 0 Å². The Morgan fingerprint density at radius 3 is 2.12 bits per heavy atom. The Bertz CT molecular complexity index is 1370. The summed E-state index contributed by atoms with van der Waals surface area (Å²) in [5, 5.41) is 2.99. The lowest BCUT2D eigenvalue weighted by Crippen LogP contribution is -2.57. The molecule has 262 valence electrons. The number of nitrogens with one attached hydrogen (secondary N) is 1. The van der Waals surface area contributed by atoms with Crippen LogP contribution in [0, 0.1) is 5.92 Å². The van der Waals surface area contributed by atoms with E-state index in [1.165, 1.54) is 0 Å². The first-order valence-electron chi connectivity index (χ1n) is 17.4. The molecule has 10 nitrogen and oxygen atoms in total. The van der Waals surface area contributed by atoms with E-state index in [1.807, 2.05) is 82.3 Å². The zero-order valence-corrected chi connectivity index (χ0v) is 29.3. The monoisotopic (exact) mass is 662 g/mol. The lowest BCUT2D eigenvalue weighted by Gasteiger charge is -2.42. The molecule has 2 aromatic carbocycles. The van der Waals surface area contributed by atoms with Crippen LogP contribution in [0.2, 0.25) is 0 Å². The van der Waals surface area contributed by atoms with E-state index in [-0.39, 0.29) is 29.6 Å². The molecular weight excluding hydrogens is 608 g/mol. The summed E-state index contributed by atoms with van der Waals surface area (Å²) in [6.45, 7) is 9.48. The summed E-state index contributed by atoms with van der Waals surface area (Å²) in [4.78, 5) is 57.1. The molecule has 2 heterocycles. The van der Waals surface area contributed by atoms with Crippen LogP contribution in [0.5, 0.6) is 5.75 Å². The highest BCUT2D eigenvalue weighted by Gasteiger charge is 2.43. The zero-order valence-electron chi connectivity index (χ0n) is 29.3. The van der Waals surface area contributed by atoms with Gasteiger partial charge in [0.15, 0.2) is 0 Å². The van der Waals surface area contributed by atoms with Crippen molar-refractivity contribution >= 4 is 23.7 Å². The van der Waals surface area contributed by atoms with Gasteiger partial charge in [-0.1, -0.05) is 49.4 Å². The Kier molecular flexibility index (Phi) is 12.7. The van der Waals surface area contributed by atoms with Gasteiger partial charge in [-0.05, 0) is 88.5 Å². The van der Waals surface area contributed by atoms with Gasteiger partial charge in [0.1, 0.15) is 23.2 Å². The fourth-order valence-corrected chi connectivity index (χ4v) is 6.90. The first kappa shape index (κ1) is 36.9. The van der Waals surface area contributed by atoms with E-state index in [1.54, 1.807) is 16.9 Å². The lowest BCUT2D eigenvalue weighted by atomic mass is 9.68. The number of nitrogens with two attached hydrogens (primary N) is 1. The quantitative estimate of drug-likeness (QED) is 0.327. The number of carbonyl (C=O) groups is 4. The number of benzene rings is 2. The topological polar surface area (TPSA) is 131 Å². The fourth-order valence-electron chi connectivity index (χ4n) is 6.90. The number of methoxy groups -OCH3 is 1. The van der Waals surface area contributed by atoms with Gasteiger partial charge in [-0.2, -0.15) is 0 Å². The van der Waals surface area contributed by atoms with E-state index in [0.29, 0.717) is 64.0 Å². The van der Waals surface area contributed by atoms with Crippen molar-refractivity contribution in [3.05, 3.63) is 65.7 Å². The number of hydrogen-bond acceptors (Lipinski definition) is 7. The van der Waals surface area contributed by atoms with Crippen molar-refractivity contribution in [2.45, 2.75) is 102 Å². The molecule has 2 saturated heterocycles. The average Bonchev–Trinajstić information content (AvgIpc) is 3.08. The molecule has 3 N–H and O–H groups in total. The molecule has 0 saturated carbocycles. The third kappa shape index (κ3) is 9.58. The van der Waals surface area contributed by atoms with Gasteiger partial charge in [0.2, 0.25) is 11.8 Å². The van der Waals surface area contributed by atoms with Crippen molar-refractivity contribution in [3.8, 4) is 5.75 Å².